The molecule has 1 aliphatic carbocycles. The normalized spacial score (nSPS) is 23.7. The minimum absolute atomic E-state index is 0.216. The number of hydrogen-bond donors (Lipinski definition) is 2. The molecule has 1 aromatic rings. The van der Waals surface area contributed by atoms with E-state index in [1.807, 2.05) is 30.3 Å². The number of piperidine rings is 1. The molecule has 2 atom stereocenters. The smallest absolute Gasteiger partial charge is 0.315 e. The van der Waals surface area contributed by atoms with E-state index in [4.69, 9.17) is 5.73 Å². The summed E-state index contributed by atoms with van der Waals surface area (Å²) in [7, 11) is 0. The predicted molar refractivity (Wildman–Crippen MR) is 95.5 cm³/mol. The Morgan fingerprint density at radius 3 is 2.58 bits per heavy atom. The molecule has 0 radical (unpaired) electrons. The first-order valence-electron chi connectivity index (χ1n) is 9.45. The highest BCUT2D eigenvalue weighted by molar-refractivity contribution is 5.72. The molecular weight excluding hydrogens is 300 g/mol. The molecule has 1 saturated heterocycles. The summed E-state index contributed by atoms with van der Waals surface area (Å²) in [5.74, 6) is 0.923. The number of nitrogens with zero attached hydrogens (tertiary/aromatic N) is 1. The van der Waals surface area contributed by atoms with Crippen molar-refractivity contribution in [3.8, 4) is 0 Å². The highest BCUT2D eigenvalue weighted by atomic mass is 16.3. The Morgan fingerprint density at radius 1 is 1.17 bits per heavy atom. The Bertz CT molecular complexity index is 544. The Labute approximate surface area is 145 Å². The lowest BCUT2D eigenvalue weighted by atomic mass is 9.77. The van der Waals surface area contributed by atoms with Crippen LogP contribution in [0.1, 0.15) is 63.4 Å². The number of aliphatic hydroxyl groups is 1. The number of amides is 2. The summed E-state index contributed by atoms with van der Waals surface area (Å²) in [5.41, 5.74) is 5.52. The molecule has 1 aliphatic heterocycles. The van der Waals surface area contributed by atoms with E-state index in [2.05, 4.69) is 0 Å². The Balaban J connectivity index is 1.78. The van der Waals surface area contributed by atoms with E-state index in [-0.39, 0.29) is 6.04 Å². The van der Waals surface area contributed by atoms with Crippen molar-refractivity contribution < 1.29 is 9.90 Å². The molecule has 2 fully saturated rings. The molecule has 2 amide bonds. The van der Waals surface area contributed by atoms with E-state index in [9.17, 15) is 9.90 Å². The maximum atomic E-state index is 11.9. The lowest BCUT2D eigenvalue weighted by Crippen LogP contribution is -2.56. The topological polar surface area (TPSA) is 66.6 Å². The molecule has 1 saturated carbocycles. The van der Waals surface area contributed by atoms with Gasteiger partial charge in [0.15, 0.2) is 0 Å². The van der Waals surface area contributed by atoms with Crippen LogP contribution < -0.4 is 5.73 Å². The number of likely N-dealkylation sites (tertiary alicyclic amines) is 1. The van der Waals surface area contributed by atoms with Gasteiger partial charge in [-0.15, -0.1) is 0 Å². The Morgan fingerprint density at radius 2 is 1.92 bits per heavy atom. The van der Waals surface area contributed by atoms with Crippen molar-refractivity contribution in [3.05, 3.63) is 35.9 Å². The lowest BCUT2D eigenvalue weighted by molar-refractivity contribution is -0.0598. The third-order valence-electron chi connectivity index (χ3n) is 5.73. The SMILES string of the molecule is NC(=O)N1CCCCC1[C@](O)(CCCCC1CC1)c1ccccc1. The van der Waals surface area contributed by atoms with Crippen LogP contribution >= 0.6 is 0 Å². The number of rotatable bonds is 7. The van der Waals surface area contributed by atoms with Gasteiger partial charge in [-0.1, -0.05) is 62.4 Å². The predicted octanol–water partition coefficient (Wildman–Crippen LogP) is 3.78. The van der Waals surface area contributed by atoms with E-state index in [0.717, 1.165) is 43.6 Å². The first-order valence-corrected chi connectivity index (χ1v) is 9.45. The quantitative estimate of drug-likeness (QED) is 0.747. The van der Waals surface area contributed by atoms with Gasteiger partial charge in [0.05, 0.1) is 6.04 Å². The molecule has 24 heavy (non-hydrogen) atoms. The minimum atomic E-state index is -1.000. The van der Waals surface area contributed by atoms with Crippen molar-refractivity contribution in [2.45, 2.75) is 69.4 Å². The van der Waals surface area contributed by atoms with Crippen LogP contribution in [0.25, 0.3) is 0 Å². The number of hydrogen-bond acceptors (Lipinski definition) is 2. The molecular formula is C20H30N2O2. The average molecular weight is 330 g/mol. The molecule has 4 nitrogen and oxygen atoms in total. The third-order valence-corrected chi connectivity index (χ3v) is 5.73. The zero-order chi connectivity index (χ0) is 17.0. The van der Waals surface area contributed by atoms with Crippen molar-refractivity contribution in [1.82, 2.24) is 4.90 Å². The van der Waals surface area contributed by atoms with Crippen LogP contribution in [-0.2, 0) is 5.60 Å². The molecule has 0 bridgehead atoms. The largest absolute Gasteiger partial charge is 0.383 e. The second-order valence-corrected chi connectivity index (χ2v) is 7.52. The van der Waals surface area contributed by atoms with Gasteiger partial charge < -0.3 is 15.7 Å². The van der Waals surface area contributed by atoms with Crippen LogP contribution in [0.3, 0.4) is 0 Å². The summed E-state index contributed by atoms with van der Waals surface area (Å²) in [6.07, 6.45) is 9.68. The summed E-state index contributed by atoms with van der Waals surface area (Å²) in [6.45, 7) is 0.650. The highest BCUT2D eigenvalue weighted by Gasteiger charge is 2.43. The van der Waals surface area contributed by atoms with Gasteiger partial charge in [0, 0.05) is 6.54 Å². The van der Waals surface area contributed by atoms with Crippen LogP contribution in [0, 0.1) is 5.92 Å². The zero-order valence-corrected chi connectivity index (χ0v) is 14.5. The van der Waals surface area contributed by atoms with Gasteiger partial charge in [-0.25, -0.2) is 4.79 Å². The molecule has 0 spiro atoms. The molecule has 2 aliphatic rings. The molecule has 1 unspecified atom stereocenters. The molecule has 4 heteroatoms. The van der Waals surface area contributed by atoms with Crippen molar-refractivity contribution >= 4 is 6.03 Å². The van der Waals surface area contributed by atoms with E-state index in [1.165, 1.54) is 19.3 Å². The number of carbonyl (C=O) groups is 1. The van der Waals surface area contributed by atoms with Crippen LogP contribution in [0.4, 0.5) is 4.79 Å². The summed E-state index contributed by atoms with van der Waals surface area (Å²) in [6, 6.07) is 9.22. The second-order valence-electron chi connectivity index (χ2n) is 7.52. The van der Waals surface area contributed by atoms with Gasteiger partial charge in [0.1, 0.15) is 5.60 Å². The van der Waals surface area contributed by atoms with Crippen molar-refractivity contribution in [2.24, 2.45) is 11.7 Å². The van der Waals surface area contributed by atoms with Crippen molar-refractivity contribution in [1.29, 1.82) is 0 Å². The van der Waals surface area contributed by atoms with Crippen LogP contribution in [0.5, 0.6) is 0 Å². The molecule has 1 heterocycles. The minimum Gasteiger partial charge on any atom is -0.383 e. The van der Waals surface area contributed by atoms with Gasteiger partial charge in [-0.2, -0.15) is 0 Å². The van der Waals surface area contributed by atoms with E-state index in [1.54, 1.807) is 4.90 Å². The van der Waals surface area contributed by atoms with Gasteiger partial charge in [-0.05, 0) is 37.2 Å². The molecule has 3 rings (SSSR count). The number of unbranched alkanes of at least 4 members (excludes halogenated alkanes) is 1. The second kappa shape index (κ2) is 7.56. The monoisotopic (exact) mass is 330 g/mol. The van der Waals surface area contributed by atoms with Crippen LogP contribution in [0.2, 0.25) is 0 Å². The standard InChI is InChI=1S/C20H30N2O2/c21-19(23)22-15-7-5-11-18(22)20(24,17-9-2-1-3-10-17)14-6-4-8-16-12-13-16/h1-3,9-10,16,18,24H,4-8,11-15H2,(H2,21,23)/t18?,20-/m0/s1. The van der Waals surface area contributed by atoms with Gasteiger partial charge in [0.25, 0.3) is 0 Å². The molecule has 1 aromatic carbocycles. The zero-order valence-electron chi connectivity index (χ0n) is 14.5. The average Bonchev–Trinajstić information content (AvgIpc) is 3.43. The van der Waals surface area contributed by atoms with Gasteiger partial charge >= 0.3 is 6.03 Å². The fourth-order valence-corrected chi connectivity index (χ4v) is 4.16. The summed E-state index contributed by atoms with van der Waals surface area (Å²) in [5, 5.41) is 11.7. The van der Waals surface area contributed by atoms with Gasteiger partial charge in [0.2, 0.25) is 0 Å². The maximum absolute atomic E-state index is 11.9. The highest BCUT2D eigenvalue weighted by Crippen LogP contribution is 2.39. The van der Waals surface area contributed by atoms with Gasteiger partial charge in [-0.3, -0.25) is 0 Å². The first-order chi connectivity index (χ1) is 11.6. The first kappa shape index (κ1) is 17.3. The van der Waals surface area contributed by atoms with Crippen molar-refractivity contribution in [2.75, 3.05) is 6.54 Å². The van der Waals surface area contributed by atoms with E-state index < -0.39 is 11.6 Å². The fourth-order valence-electron chi connectivity index (χ4n) is 4.16. The number of benzene rings is 1. The van der Waals surface area contributed by atoms with E-state index >= 15 is 0 Å². The maximum Gasteiger partial charge on any atom is 0.315 e. The summed E-state index contributed by atoms with van der Waals surface area (Å²) >= 11 is 0. The fraction of sp³-hybridized carbons (Fsp3) is 0.650. The number of carbonyl (C=O) groups excluding carboxylic acids is 1. The molecule has 0 aromatic heterocycles. The van der Waals surface area contributed by atoms with Crippen molar-refractivity contribution in [3.63, 3.8) is 0 Å². The number of nitrogens with two attached hydrogens (primary N) is 1. The summed E-state index contributed by atoms with van der Waals surface area (Å²) in [4.78, 5) is 13.6. The van der Waals surface area contributed by atoms with Crippen LogP contribution in [0.15, 0.2) is 30.3 Å². The Hall–Kier alpha value is -1.55. The van der Waals surface area contributed by atoms with E-state index in [0.29, 0.717) is 13.0 Å². The summed E-state index contributed by atoms with van der Waals surface area (Å²) < 4.78 is 0. The number of primary amides is 1. The molecule has 3 N–H and O–H groups in total. The number of urea groups is 1. The Kier molecular flexibility index (Phi) is 5.44. The third kappa shape index (κ3) is 3.92. The van der Waals surface area contributed by atoms with Crippen LogP contribution in [-0.4, -0.2) is 28.6 Å². The molecule has 132 valence electrons. The lowest BCUT2D eigenvalue weighted by Gasteiger charge is -2.45.